The predicted octanol–water partition coefficient (Wildman–Crippen LogP) is 0.905. The Kier molecular flexibility index (Phi) is 22.1. The van der Waals surface area contributed by atoms with Gasteiger partial charge >= 0.3 is 0 Å². The molecule has 10 amide bonds. The summed E-state index contributed by atoms with van der Waals surface area (Å²) in [6.07, 6.45) is 1.03. The van der Waals surface area contributed by atoms with Gasteiger partial charge in [-0.1, -0.05) is 92.2 Å². The van der Waals surface area contributed by atoms with Crippen LogP contribution in [0.5, 0.6) is 5.75 Å². The molecule has 1 heterocycles. The van der Waals surface area contributed by atoms with Crippen LogP contribution >= 0.6 is 11.6 Å². The third-order valence-electron chi connectivity index (χ3n) is 12.6. The van der Waals surface area contributed by atoms with Crippen LogP contribution in [0.25, 0.3) is 10.8 Å². The van der Waals surface area contributed by atoms with Gasteiger partial charge in [-0.15, -0.1) is 0 Å². The third kappa shape index (κ3) is 18.7. The number of carbonyl (C=O) groups is 10. The molecule has 1 fully saturated rings. The molecule has 0 bridgehead atoms. The minimum atomic E-state index is -1.62. The number of phenols is 1. The Morgan fingerprint density at radius 1 is 0.618 bits per heavy atom. The first-order chi connectivity index (χ1) is 36.1. The standard InChI is InChI=1S/C54H67ClN10O11/c1-32(2)23-41(50(72)59-31-49(71)65-21-7-8-22-65)61-53(75)44(28-46(56)68)63-54(76)45(27-35-14-19-40(67)20-15-35)64(4)48(70)30-57-47(69)29-58-51(73)42(25-34-12-17-39(55)18-13-34)62-52(74)43(60-33(3)66)26-36-11-16-37-9-5-6-10-38(37)24-36/h5-6,9-20,24,32,41-45,67H,7-8,21-23,25-31H2,1-4H3,(H2,56,68)(H,57,69)(H,58,73)(H,59,72)(H,60,66)(H,61,75)(H,62,74)(H,63,76)/t41-,42+,43+,44+,45-/m0/s1. The lowest BCUT2D eigenvalue weighted by Gasteiger charge is -2.30. The molecule has 0 saturated carbocycles. The van der Waals surface area contributed by atoms with E-state index in [9.17, 15) is 53.1 Å². The van der Waals surface area contributed by atoms with Crippen molar-refractivity contribution < 1.29 is 53.1 Å². The van der Waals surface area contributed by atoms with Crippen molar-refractivity contribution in [2.24, 2.45) is 11.7 Å². The van der Waals surface area contributed by atoms with Crippen LogP contribution in [0.4, 0.5) is 0 Å². The second-order valence-corrected chi connectivity index (χ2v) is 19.6. The molecule has 5 atom stereocenters. The van der Waals surface area contributed by atoms with Crippen LogP contribution in [0, 0.1) is 5.92 Å². The number of benzene rings is 4. The first-order valence-electron chi connectivity index (χ1n) is 25.0. The summed E-state index contributed by atoms with van der Waals surface area (Å²) in [6.45, 7) is 4.43. The van der Waals surface area contributed by atoms with Crippen LogP contribution in [0.2, 0.25) is 5.02 Å². The van der Waals surface area contributed by atoms with E-state index < -0.39 is 103 Å². The highest BCUT2D eigenvalue weighted by atomic mass is 35.5. The van der Waals surface area contributed by atoms with Gasteiger partial charge in [0.25, 0.3) is 0 Å². The molecule has 4 aromatic rings. The predicted molar refractivity (Wildman–Crippen MR) is 283 cm³/mol. The molecular formula is C54H67ClN10O11. The number of halogens is 1. The molecule has 22 heteroatoms. The first-order valence-corrected chi connectivity index (χ1v) is 25.4. The van der Waals surface area contributed by atoms with E-state index >= 15 is 0 Å². The van der Waals surface area contributed by atoms with Crippen molar-refractivity contribution in [3.05, 3.63) is 113 Å². The average Bonchev–Trinajstić information content (AvgIpc) is 3.93. The molecule has 5 rings (SSSR count). The summed E-state index contributed by atoms with van der Waals surface area (Å²) in [5.41, 5.74) is 7.35. The van der Waals surface area contributed by atoms with Crippen molar-refractivity contribution in [3.8, 4) is 5.75 Å². The number of likely N-dealkylation sites (N-methyl/N-ethyl adjacent to an activating group) is 1. The highest BCUT2D eigenvalue weighted by molar-refractivity contribution is 6.30. The number of nitrogens with zero attached hydrogens (tertiary/aromatic N) is 2. The summed E-state index contributed by atoms with van der Waals surface area (Å²) in [6, 6.07) is 19.1. The van der Waals surface area contributed by atoms with Gasteiger partial charge in [-0.3, -0.25) is 47.9 Å². The van der Waals surface area contributed by atoms with Crippen molar-refractivity contribution in [2.45, 2.75) is 95.9 Å². The minimum Gasteiger partial charge on any atom is -0.508 e. The zero-order valence-corrected chi connectivity index (χ0v) is 43.7. The fourth-order valence-corrected chi connectivity index (χ4v) is 8.62. The highest BCUT2D eigenvalue weighted by Crippen LogP contribution is 2.19. The van der Waals surface area contributed by atoms with Crippen molar-refractivity contribution >= 4 is 81.4 Å². The SMILES string of the molecule is CC(=O)N[C@H](Cc1ccc2ccccc2c1)C(=O)N[C@H](Cc1ccc(Cl)cc1)C(=O)NCC(=O)NCC(=O)N(C)[C@@H](Cc1ccc(O)cc1)C(=O)N[C@H](CC(N)=O)C(=O)N[C@@H](CC(C)C)C(=O)NCC(=O)N1CCCC1. The Morgan fingerprint density at radius 3 is 1.80 bits per heavy atom. The number of rotatable bonds is 26. The van der Waals surface area contributed by atoms with E-state index in [1.807, 2.05) is 56.3 Å². The molecule has 0 aromatic heterocycles. The molecule has 4 aromatic carbocycles. The van der Waals surface area contributed by atoms with Gasteiger partial charge in [0.1, 0.15) is 36.0 Å². The fraction of sp³-hybridized carbons (Fsp3) is 0.407. The van der Waals surface area contributed by atoms with E-state index in [0.717, 1.165) is 34.1 Å². The van der Waals surface area contributed by atoms with Crippen molar-refractivity contribution in [1.82, 2.24) is 47.0 Å². The molecular weight excluding hydrogens is 1000 g/mol. The zero-order chi connectivity index (χ0) is 55.5. The number of amides is 10. The van der Waals surface area contributed by atoms with E-state index in [-0.39, 0.29) is 49.8 Å². The van der Waals surface area contributed by atoms with Gasteiger partial charge in [0.15, 0.2) is 0 Å². The summed E-state index contributed by atoms with van der Waals surface area (Å²) in [7, 11) is 1.27. The molecule has 1 aliphatic rings. The van der Waals surface area contributed by atoms with Gasteiger partial charge in [-0.05, 0) is 76.9 Å². The Bertz CT molecular complexity index is 2730. The maximum absolute atomic E-state index is 14.2. The Labute approximate surface area is 445 Å². The number of primary amides is 1. The van der Waals surface area contributed by atoms with Crippen LogP contribution in [0.1, 0.15) is 63.1 Å². The largest absolute Gasteiger partial charge is 0.508 e. The van der Waals surface area contributed by atoms with Crippen LogP contribution in [0.3, 0.4) is 0 Å². The number of phenolic OH excluding ortho intramolecular Hbond substituents is 1. The lowest BCUT2D eigenvalue weighted by atomic mass is 10.00. The van der Waals surface area contributed by atoms with Crippen LogP contribution < -0.4 is 43.0 Å². The Morgan fingerprint density at radius 2 is 1.16 bits per heavy atom. The summed E-state index contributed by atoms with van der Waals surface area (Å²) in [5, 5.41) is 30.2. The highest BCUT2D eigenvalue weighted by Gasteiger charge is 2.34. The fourth-order valence-electron chi connectivity index (χ4n) is 8.50. The van der Waals surface area contributed by atoms with Gasteiger partial charge in [-0.25, -0.2) is 0 Å². The number of nitrogens with one attached hydrogen (secondary N) is 7. The topological polar surface area (TPSA) is 308 Å². The lowest BCUT2D eigenvalue weighted by molar-refractivity contribution is -0.141. The molecule has 21 nitrogen and oxygen atoms in total. The van der Waals surface area contributed by atoms with Crippen molar-refractivity contribution in [2.75, 3.05) is 39.8 Å². The maximum atomic E-state index is 14.2. The summed E-state index contributed by atoms with van der Waals surface area (Å²) in [4.78, 5) is 136. The molecule has 1 saturated heterocycles. The van der Waals surface area contributed by atoms with Crippen molar-refractivity contribution in [3.63, 3.8) is 0 Å². The van der Waals surface area contributed by atoms with E-state index in [2.05, 4.69) is 37.2 Å². The maximum Gasteiger partial charge on any atom is 0.243 e. The first kappa shape index (κ1) is 58.8. The summed E-state index contributed by atoms with van der Waals surface area (Å²) in [5.74, 6) is -7.47. The summed E-state index contributed by atoms with van der Waals surface area (Å²) < 4.78 is 0. The quantitative estimate of drug-likeness (QED) is 0.0426. The van der Waals surface area contributed by atoms with E-state index in [1.165, 1.54) is 38.2 Å². The molecule has 10 N–H and O–H groups in total. The minimum absolute atomic E-state index is 0.0379. The number of fused-ring (bicyclic) bond motifs is 1. The lowest BCUT2D eigenvalue weighted by Crippen LogP contribution is -2.59. The second-order valence-electron chi connectivity index (χ2n) is 19.1. The smallest absolute Gasteiger partial charge is 0.243 e. The number of aromatic hydroxyl groups is 1. The number of nitrogens with two attached hydrogens (primary N) is 1. The van der Waals surface area contributed by atoms with E-state index in [0.29, 0.717) is 29.2 Å². The van der Waals surface area contributed by atoms with Gasteiger partial charge in [-0.2, -0.15) is 0 Å². The molecule has 0 unspecified atom stereocenters. The zero-order valence-electron chi connectivity index (χ0n) is 43.0. The van der Waals surface area contributed by atoms with Crippen molar-refractivity contribution in [1.29, 1.82) is 0 Å². The number of carbonyl (C=O) groups excluding carboxylic acids is 10. The van der Waals surface area contributed by atoms with E-state index in [1.54, 1.807) is 29.2 Å². The van der Waals surface area contributed by atoms with Crippen LogP contribution in [-0.2, 0) is 67.2 Å². The number of hydrogen-bond acceptors (Lipinski definition) is 11. The van der Waals surface area contributed by atoms with Crippen LogP contribution in [0.15, 0.2) is 91.0 Å². The van der Waals surface area contributed by atoms with Gasteiger partial charge in [0, 0.05) is 51.3 Å². The van der Waals surface area contributed by atoms with Crippen LogP contribution in [-0.4, -0.2) is 144 Å². The monoisotopic (exact) mass is 1070 g/mol. The number of hydrogen-bond donors (Lipinski definition) is 9. The molecule has 0 aliphatic carbocycles. The summed E-state index contributed by atoms with van der Waals surface area (Å²) >= 11 is 6.10. The molecule has 0 radical (unpaired) electrons. The van der Waals surface area contributed by atoms with Gasteiger partial charge in [0.05, 0.1) is 26.1 Å². The third-order valence-corrected chi connectivity index (χ3v) is 12.8. The van der Waals surface area contributed by atoms with Gasteiger partial charge in [0.2, 0.25) is 59.1 Å². The normalized spacial score (nSPS) is 14.0. The molecule has 0 spiro atoms. The number of likely N-dealkylation sites (tertiary alicyclic amines) is 1. The molecule has 76 heavy (non-hydrogen) atoms. The second kappa shape index (κ2) is 28.6. The molecule has 1 aliphatic heterocycles. The van der Waals surface area contributed by atoms with E-state index in [4.69, 9.17) is 17.3 Å². The van der Waals surface area contributed by atoms with Gasteiger partial charge < -0.3 is 57.9 Å². The Balaban J connectivity index is 1.25. The Hall–Kier alpha value is -8.07. The molecule has 406 valence electrons. The average molecular weight is 1070 g/mol.